The summed E-state index contributed by atoms with van der Waals surface area (Å²) in [5.74, 6) is 1.44. The van der Waals surface area contributed by atoms with E-state index in [0.29, 0.717) is 24.6 Å². The smallest absolute Gasteiger partial charge is 0.253 e. The van der Waals surface area contributed by atoms with Gasteiger partial charge in [-0.05, 0) is 37.1 Å². The summed E-state index contributed by atoms with van der Waals surface area (Å²) in [5, 5.41) is 3.53. The molecule has 6 nitrogen and oxygen atoms in total. The molecule has 0 bridgehead atoms. The number of hydrogen-bond donors (Lipinski definition) is 1. The van der Waals surface area contributed by atoms with Crippen molar-refractivity contribution in [2.24, 2.45) is 5.92 Å². The molecule has 1 aromatic rings. The van der Waals surface area contributed by atoms with Crippen LogP contribution in [-0.2, 0) is 4.79 Å². The molecule has 2 atom stereocenters. The topological polar surface area (TPSA) is 61.9 Å². The fourth-order valence-electron chi connectivity index (χ4n) is 4.10. The van der Waals surface area contributed by atoms with Crippen molar-refractivity contribution in [1.29, 1.82) is 0 Å². The molecule has 27 heavy (non-hydrogen) atoms. The SMILES string of the molecule is CC[C@H](C)CN1C(=O)[C@H](C)NC12CCN(C(=O)c1ccc(OC)cc1)CC2. The van der Waals surface area contributed by atoms with E-state index in [9.17, 15) is 9.59 Å². The van der Waals surface area contributed by atoms with Gasteiger partial charge in [0.05, 0.1) is 18.8 Å². The van der Waals surface area contributed by atoms with Crippen molar-refractivity contribution in [3.05, 3.63) is 29.8 Å². The van der Waals surface area contributed by atoms with Gasteiger partial charge in [-0.1, -0.05) is 20.3 Å². The second kappa shape index (κ2) is 7.89. The van der Waals surface area contributed by atoms with Crippen LogP contribution in [0.2, 0.25) is 0 Å². The molecule has 0 aromatic heterocycles. The molecule has 2 amide bonds. The summed E-state index contributed by atoms with van der Waals surface area (Å²) in [6, 6.07) is 7.08. The highest BCUT2D eigenvalue weighted by atomic mass is 16.5. The lowest BCUT2D eigenvalue weighted by molar-refractivity contribution is -0.133. The van der Waals surface area contributed by atoms with E-state index in [4.69, 9.17) is 4.74 Å². The zero-order valence-electron chi connectivity index (χ0n) is 16.8. The quantitative estimate of drug-likeness (QED) is 0.861. The second-order valence-electron chi connectivity index (χ2n) is 7.88. The molecule has 6 heteroatoms. The van der Waals surface area contributed by atoms with E-state index in [1.807, 2.05) is 28.9 Å². The summed E-state index contributed by atoms with van der Waals surface area (Å²) in [5.41, 5.74) is 0.364. The van der Waals surface area contributed by atoms with Crippen molar-refractivity contribution in [3.8, 4) is 5.75 Å². The van der Waals surface area contributed by atoms with Crippen molar-refractivity contribution in [3.63, 3.8) is 0 Å². The van der Waals surface area contributed by atoms with Crippen LogP contribution in [0.4, 0.5) is 0 Å². The van der Waals surface area contributed by atoms with Crippen LogP contribution in [0.15, 0.2) is 24.3 Å². The number of nitrogens with one attached hydrogen (secondary N) is 1. The van der Waals surface area contributed by atoms with Crippen LogP contribution in [0.25, 0.3) is 0 Å². The van der Waals surface area contributed by atoms with Gasteiger partial charge in [0.25, 0.3) is 5.91 Å². The third-order valence-electron chi connectivity index (χ3n) is 6.04. The van der Waals surface area contributed by atoms with E-state index in [-0.39, 0.29) is 23.5 Å². The number of piperidine rings is 1. The van der Waals surface area contributed by atoms with E-state index in [1.165, 1.54) is 0 Å². The first-order valence-corrected chi connectivity index (χ1v) is 9.92. The van der Waals surface area contributed by atoms with E-state index in [1.54, 1.807) is 19.2 Å². The Morgan fingerprint density at radius 3 is 2.48 bits per heavy atom. The molecule has 0 unspecified atom stereocenters. The third-order valence-corrected chi connectivity index (χ3v) is 6.04. The zero-order valence-corrected chi connectivity index (χ0v) is 16.8. The highest BCUT2D eigenvalue weighted by Crippen LogP contribution is 2.33. The van der Waals surface area contributed by atoms with Crippen LogP contribution < -0.4 is 10.1 Å². The van der Waals surface area contributed by atoms with E-state index >= 15 is 0 Å². The third kappa shape index (κ3) is 3.81. The van der Waals surface area contributed by atoms with Crippen LogP contribution >= 0.6 is 0 Å². The van der Waals surface area contributed by atoms with Gasteiger partial charge in [0.2, 0.25) is 5.91 Å². The molecule has 2 heterocycles. The lowest BCUT2D eigenvalue weighted by atomic mass is 9.94. The van der Waals surface area contributed by atoms with Gasteiger partial charge in [0, 0.05) is 38.0 Å². The summed E-state index contributed by atoms with van der Waals surface area (Å²) in [6.45, 7) is 8.36. The fraction of sp³-hybridized carbons (Fsp3) is 0.619. The van der Waals surface area contributed by atoms with E-state index < -0.39 is 0 Å². The Labute approximate surface area is 161 Å². The first-order chi connectivity index (χ1) is 12.9. The number of nitrogens with zero attached hydrogens (tertiary/aromatic N) is 2. The average molecular weight is 373 g/mol. The lowest BCUT2D eigenvalue weighted by Gasteiger charge is -2.45. The zero-order chi connectivity index (χ0) is 19.6. The van der Waals surface area contributed by atoms with Crippen LogP contribution in [0.3, 0.4) is 0 Å². The lowest BCUT2D eigenvalue weighted by Crippen LogP contribution is -2.60. The van der Waals surface area contributed by atoms with Gasteiger partial charge in [-0.2, -0.15) is 0 Å². The Kier molecular flexibility index (Phi) is 5.75. The fourth-order valence-corrected chi connectivity index (χ4v) is 4.10. The van der Waals surface area contributed by atoms with Crippen LogP contribution in [0.1, 0.15) is 50.4 Å². The van der Waals surface area contributed by atoms with E-state index in [2.05, 4.69) is 19.2 Å². The molecule has 2 fully saturated rings. The minimum atomic E-state index is -0.309. The predicted molar refractivity (Wildman–Crippen MR) is 105 cm³/mol. The van der Waals surface area contributed by atoms with Crippen molar-refractivity contribution in [1.82, 2.24) is 15.1 Å². The van der Waals surface area contributed by atoms with Gasteiger partial charge in [0.15, 0.2) is 0 Å². The number of hydrogen-bond acceptors (Lipinski definition) is 4. The molecule has 1 N–H and O–H groups in total. The largest absolute Gasteiger partial charge is 0.497 e. The van der Waals surface area contributed by atoms with Crippen LogP contribution in [0.5, 0.6) is 5.75 Å². The number of carbonyl (C=O) groups excluding carboxylic acids is 2. The molecule has 2 aliphatic rings. The first-order valence-electron chi connectivity index (χ1n) is 9.92. The molecule has 0 aliphatic carbocycles. The average Bonchev–Trinajstić information content (AvgIpc) is 2.92. The molecule has 148 valence electrons. The predicted octanol–water partition coefficient (Wildman–Crippen LogP) is 2.49. The maximum absolute atomic E-state index is 12.8. The van der Waals surface area contributed by atoms with Gasteiger partial charge in [-0.15, -0.1) is 0 Å². The number of methoxy groups -OCH3 is 1. The van der Waals surface area contributed by atoms with Crippen molar-refractivity contribution in [2.75, 3.05) is 26.7 Å². The Morgan fingerprint density at radius 1 is 1.30 bits per heavy atom. The Balaban J connectivity index is 1.69. The standard InChI is InChI=1S/C21H31N3O3/c1-5-15(2)14-24-19(25)16(3)22-21(24)10-12-23(13-11-21)20(26)17-6-8-18(27-4)9-7-17/h6-9,15-16,22H,5,10-14H2,1-4H3/t15-,16-/m0/s1. The first kappa shape index (κ1) is 19.7. The molecular weight excluding hydrogens is 342 g/mol. The molecule has 1 spiro atoms. The van der Waals surface area contributed by atoms with E-state index in [0.717, 1.165) is 31.6 Å². The highest BCUT2D eigenvalue weighted by molar-refractivity contribution is 5.94. The highest BCUT2D eigenvalue weighted by Gasteiger charge is 2.50. The Bertz CT molecular complexity index is 680. The normalized spacial score (nSPS) is 23.0. The molecular formula is C21H31N3O3. The number of carbonyl (C=O) groups is 2. The molecule has 2 saturated heterocycles. The number of likely N-dealkylation sites (tertiary alicyclic amines) is 1. The number of amides is 2. The van der Waals surface area contributed by atoms with Crippen molar-refractivity contribution < 1.29 is 14.3 Å². The Hall–Kier alpha value is -2.08. The summed E-state index contributed by atoms with van der Waals surface area (Å²) in [6.07, 6.45) is 2.58. The van der Waals surface area contributed by atoms with Gasteiger partial charge in [-0.25, -0.2) is 0 Å². The summed E-state index contributed by atoms with van der Waals surface area (Å²) in [4.78, 5) is 29.5. The molecule has 3 rings (SSSR count). The van der Waals surface area contributed by atoms with Crippen molar-refractivity contribution >= 4 is 11.8 Å². The minimum absolute atomic E-state index is 0.0401. The van der Waals surface area contributed by atoms with Gasteiger partial charge >= 0.3 is 0 Å². The van der Waals surface area contributed by atoms with Crippen LogP contribution in [-0.4, -0.2) is 60.1 Å². The summed E-state index contributed by atoms with van der Waals surface area (Å²) < 4.78 is 5.16. The number of benzene rings is 1. The molecule has 1 aromatic carbocycles. The summed E-state index contributed by atoms with van der Waals surface area (Å²) in [7, 11) is 1.61. The van der Waals surface area contributed by atoms with Gasteiger partial charge in [-0.3, -0.25) is 14.9 Å². The van der Waals surface area contributed by atoms with Gasteiger partial charge in [0.1, 0.15) is 5.75 Å². The minimum Gasteiger partial charge on any atom is -0.497 e. The van der Waals surface area contributed by atoms with Gasteiger partial charge < -0.3 is 14.5 Å². The number of rotatable bonds is 5. The van der Waals surface area contributed by atoms with Crippen molar-refractivity contribution in [2.45, 2.75) is 51.7 Å². The second-order valence-corrected chi connectivity index (χ2v) is 7.88. The Morgan fingerprint density at radius 2 is 1.93 bits per heavy atom. The monoisotopic (exact) mass is 373 g/mol. The molecule has 2 aliphatic heterocycles. The molecule has 0 saturated carbocycles. The number of ether oxygens (including phenoxy) is 1. The summed E-state index contributed by atoms with van der Waals surface area (Å²) >= 11 is 0. The maximum Gasteiger partial charge on any atom is 0.253 e. The van der Waals surface area contributed by atoms with Crippen LogP contribution in [0, 0.1) is 5.92 Å². The molecule has 0 radical (unpaired) electrons. The maximum atomic E-state index is 12.8.